The highest BCUT2D eigenvalue weighted by Crippen LogP contribution is 2.38. The Kier molecular flexibility index (Phi) is 7.04. The summed E-state index contributed by atoms with van der Waals surface area (Å²) >= 11 is 0. The average Bonchev–Trinajstić information content (AvgIpc) is 3.31. The smallest absolute Gasteiger partial charge is 0.255 e. The third-order valence-corrected chi connectivity index (χ3v) is 7.04. The molecule has 8 heteroatoms. The first-order valence-corrected chi connectivity index (χ1v) is 12.4. The molecule has 0 amide bonds. The van der Waals surface area contributed by atoms with Crippen LogP contribution in [-0.2, 0) is 0 Å². The van der Waals surface area contributed by atoms with E-state index in [1.807, 2.05) is 32.0 Å². The fraction of sp³-hybridized carbons (Fsp3) is 0.310. The number of hydrogen-bond acceptors (Lipinski definition) is 5. The minimum atomic E-state index is -0.746. The number of aryl methyl sites for hydroxylation is 2. The van der Waals surface area contributed by atoms with Gasteiger partial charge in [0.1, 0.15) is 17.3 Å². The van der Waals surface area contributed by atoms with E-state index in [1.54, 1.807) is 16.8 Å². The summed E-state index contributed by atoms with van der Waals surface area (Å²) < 4.78 is 36.4. The first-order chi connectivity index (χ1) is 17.9. The fourth-order valence-corrected chi connectivity index (χ4v) is 5.10. The number of likely N-dealkylation sites (tertiary alicyclic amines) is 1. The Balaban J connectivity index is 1.62. The number of aliphatic hydroxyl groups excluding tert-OH is 1. The van der Waals surface area contributed by atoms with Crippen LogP contribution in [0.2, 0.25) is 0 Å². The maximum absolute atomic E-state index is 14.9. The minimum absolute atomic E-state index is 0.0236. The lowest BCUT2D eigenvalue weighted by atomic mass is 9.97. The summed E-state index contributed by atoms with van der Waals surface area (Å²) in [5.41, 5.74) is 3.57. The van der Waals surface area contributed by atoms with Crippen molar-refractivity contribution in [3.63, 3.8) is 0 Å². The Hall–Kier alpha value is -3.62. The first-order valence-electron chi connectivity index (χ1n) is 12.4. The topological polar surface area (TPSA) is 71.5 Å². The Morgan fingerprint density at radius 1 is 1.05 bits per heavy atom. The molecule has 2 aromatic carbocycles. The van der Waals surface area contributed by atoms with Crippen molar-refractivity contribution in [3.8, 4) is 28.3 Å². The summed E-state index contributed by atoms with van der Waals surface area (Å²) in [6.45, 7) is 6.20. The second kappa shape index (κ2) is 10.4. The summed E-state index contributed by atoms with van der Waals surface area (Å²) in [5.74, 6) is -0.707. The molecule has 6 nitrogen and oxygen atoms in total. The lowest BCUT2D eigenvalue weighted by Gasteiger charge is -2.29. The molecule has 0 atom stereocenters. The molecule has 5 rings (SSSR count). The molecule has 0 saturated carbocycles. The van der Waals surface area contributed by atoms with Crippen LogP contribution in [0.15, 0.2) is 63.9 Å². The number of aliphatic hydroxyl groups is 1. The zero-order valence-corrected chi connectivity index (χ0v) is 20.9. The van der Waals surface area contributed by atoms with Crippen molar-refractivity contribution in [2.45, 2.75) is 32.6 Å². The molecule has 1 saturated heterocycles. The van der Waals surface area contributed by atoms with Gasteiger partial charge in [0.05, 0.1) is 17.9 Å². The quantitative estimate of drug-likeness (QED) is 0.389. The van der Waals surface area contributed by atoms with Crippen LogP contribution in [0, 0.1) is 25.5 Å². The third kappa shape index (κ3) is 4.99. The molecular formula is C29H29F2N3O3. The SMILES string of the molecule is Cc1cccc(C)c1-n1cc(-c2nc(C3CCN(CCO)CC3)oc2-c2ccc(F)cc2F)ccc1=O. The van der Waals surface area contributed by atoms with E-state index in [9.17, 15) is 18.7 Å². The zero-order chi connectivity index (χ0) is 26.1. The van der Waals surface area contributed by atoms with Crippen molar-refractivity contribution in [1.82, 2.24) is 14.5 Å². The van der Waals surface area contributed by atoms with Gasteiger partial charge in [-0.15, -0.1) is 0 Å². The lowest BCUT2D eigenvalue weighted by molar-refractivity contribution is 0.158. The average molecular weight is 506 g/mol. The van der Waals surface area contributed by atoms with E-state index < -0.39 is 11.6 Å². The van der Waals surface area contributed by atoms with E-state index in [1.165, 1.54) is 18.2 Å². The second-order valence-corrected chi connectivity index (χ2v) is 9.56. The number of halogens is 2. The van der Waals surface area contributed by atoms with Crippen molar-refractivity contribution in [2.75, 3.05) is 26.2 Å². The zero-order valence-electron chi connectivity index (χ0n) is 20.9. The van der Waals surface area contributed by atoms with E-state index in [2.05, 4.69) is 4.90 Å². The van der Waals surface area contributed by atoms with Gasteiger partial charge >= 0.3 is 0 Å². The van der Waals surface area contributed by atoms with Crippen LogP contribution in [0.25, 0.3) is 28.3 Å². The van der Waals surface area contributed by atoms with E-state index in [4.69, 9.17) is 9.40 Å². The van der Waals surface area contributed by atoms with E-state index >= 15 is 0 Å². The third-order valence-electron chi connectivity index (χ3n) is 7.04. The maximum Gasteiger partial charge on any atom is 0.255 e. The van der Waals surface area contributed by atoms with Gasteiger partial charge in [0, 0.05) is 36.4 Å². The first kappa shape index (κ1) is 25.0. The Morgan fingerprint density at radius 2 is 1.78 bits per heavy atom. The normalized spacial score (nSPS) is 14.8. The summed E-state index contributed by atoms with van der Waals surface area (Å²) in [7, 11) is 0. The van der Waals surface area contributed by atoms with Gasteiger partial charge in [-0.1, -0.05) is 18.2 Å². The number of benzene rings is 2. The number of piperidine rings is 1. The molecule has 1 aliphatic rings. The van der Waals surface area contributed by atoms with E-state index in [0.29, 0.717) is 23.7 Å². The molecule has 0 spiro atoms. The number of oxazole rings is 1. The monoisotopic (exact) mass is 505 g/mol. The summed E-state index contributed by atoms with van der Waals surface area (Å²) in [6.07, 6.45) is 3.27. The van der Waals surface area contributed by atoms with Gasteiger partial charge in [-0.25, -0.2) is 13.8 Å². The summed E-state index contributed by atoms with van der Waals surface area (Å²) in [6, 6.07) is 12.3. The molecule has 3 heterocycles. The van der Waals surface area contributed by atoms with Crippen LogP contribution < -0.4 is 5.56 Å². The van der Waals surface area contributed by atoms with Crippen molar-refractivity contribution >= 4 is 0 Å². The summed E-state index contributed by atoms with van der Waals surface area (Å²) in [4.78, 5) is 19.9. The Bertz CT molecular complexity index is 1470. The van der Waals surface area contributed by atoms with Crippen molar-refractivity contribution < 1.29 is 18.3 Å². The van der Waals surface area contributed by atoms with Crippen LogP contribution >= 0.6 is 0 Å². The van der Waals surface area contributed by atoms with E-state index in [-0.39, 0.29) is 29.4 Å². The maximum atomic E-state index is 14.9. The molecule has 1 fully saturated rings. The molecule has 0 radical (unpaired) electrons. The number of rotatable bonds is 6. The Morgan fingerprint density at radius 3 is 2.46 bits per heavy atom. The molecule has 192 valence electrons. The van der Waals surface area contributed by atoms with Gasteiger partial charge in [-0.05, 0) is 69.1 Å². The van der Waals surface area contributed by atoms with Crippen LogP contribution in [0.5, 0.6) is 0 Å². The largest absolute Gasteiger partial charge is 0.440 e. The number of nitrogens with zero attached hydrogens (tertiary/aromatic N) is 3. The molecule has 4 aromatic rings. The molecule has 0 unspecified atom stereocenters. The highest BCUT2D eigenvalue weighted by Gasteiger charge is 2.28. The van der Waals surface area contributed by atoms with Gasteiger partial charge in [-0.2, -0.15) is 0 Å². The second-order valence-electron chi connectivity index (χ2n) is 9.56. The molecule has 2 aromatic heterocycles. The van der Waals surface area contributed by atoms with E-state index in [0.717, 1.165) is 48.8 Å². The van der Waals surface area contributed by atoms with Crippen LogP contribution in [0.3, 0.4) is 0 Å². The highest BCUT2D eigenvalue weighted by molar-refractivity contribution is 5.77. The van der Waals surface area contributed by atoms with Crippen LogP contribution in [-0.4, -0.2) is 45.8 Å². The number of β-amino-alcohol motifs (C(OH)–C–C–N with tert-alkyl or cyclic N) is 1. The van der Waals surface area contributed by atoms with Crippen LogP contribution in [0.4, 0.5) is 8.78 Å². The summed E-state index contributed by atoms with van der Waals surface area (Å²) in [5, 5.41) is 9.24. The molecule has 1 aliphatic heterocycles. The van der Waals surface area contributed by atoms with Gasteiger partial charge in [0.15, 0.2) is 11.7 Å². The fourth-order valence-electron chi connectivity index (χ4n) is 5.10. The number of pyridine rings is 1. The number of aromatic nitrogens is 2. The standard InChI is InChI=1S/C29H29F2N3O3/c1-18-4-3-5-19(2)27(18)34-17-21(6-9-25(34)36)26-28(23-8-7-22(30)16-24(23)31)37-29(32-26)20-10-12-33(13-11-20)14-15-35/h3-9,16-17,20,35H,10-15H2,1-2H3. The highest BCUT2D eigenvalue weighted by atomic mass is 19.1. The molecule has 1 N–H and O–H groups in total. The molecule has 0 bridgehead atoms. The number of para-hydroxylation sites is 1. The lowest BCUT2D eigenvalue weighted by Crippen LogP contribution is -2.35. The minimum Gasteiger partial charge on any atom is -0.440 e. The molecule has 0 aliphatic carbocycles. The van der Waals surface area contributed by atoms with Gasteiger partial charge < -0.3 is 14.4 Å². The predicted octanol–water partition coefficient (Wildman–Crippen LogP) is 5.23. The van der Waals surface area contributed by atoms with Gasteiger partial charge in [0.25, 0.3) is 5.56 Å². The van der Waals surface area contributed by atoms with Crippen molar-refractivity contribution in [3.05, 3.63) is 93.7 Å². The predicted molar refractivity (Wildman–Crippen MR) is 138 cm³/mol. The van der Waals surface area contributed by atoms with Gasteiger partial charge in [-0.3, -0.25) is 9.36 Å². The van der Waals surface area contributed by atoms with Crippen LogP contribution in [0.1, 0.15) is 35.8 Å². The Labute approximate surface area is 213 Å². The van der Waals surface area contributed by atoms with Gasteiger partial charge in [0.2, 0.25) is 0 Å². The van der Waals surface area contributed by atoms with Crippen molar-refractivity contribution in [2.24, 2.45) is 0 Å². The molecule has 37 heavy (non-hydrogen) atoms. The van der Waals surface area contributed by atoms with Crippen molar-refractivity contribution in [1.29, 1.82) is 0 Å². The number of hydrogen-bond donors (Lipinski definition) is 1. The molecular weight excluding hydrogens is 476 g/mol.